The van der Waals surface area contributed by atoms with Crippen molar-refractivity contribution in [3.8, 4) is 5.75 Å². The summed E-state index contributed by atoms with van der Waals surface area (Å²) in [6.45, 7) is 6.91. The van der Waals surface area contributed by atoms with Crippen LogP contribution in [0.25, 0.3) is 0 Å². The minimum absolute atomic E-state index is 0.268. The van der Waals surface area contributed by atoms with Crippen LogP contribution in [-0.4, -0.2) is 37.2 Å². The molecular weight excluding hydrogens is 242 g/mol. The molecule has 0 radical (unpaired) electrons. The summed E-state index contributed by atoms with van der Waals surface area (Å²) in [7, 11) is 3.44. The van der Waals surface area contributed by atoms with Crippen molar-refractivity contribution in [1.82, 2.24) is 15.1 Å². The van der Waals surface area contributed by atoms with Gasteiger partial charge in [-0.15, -0.1) is 0 Å². The Bertz CT molecular complexity index is 352. The highest BCUT2D eigenvalue weighted by atomic mass is 16.5. The average molecular weight is 269 g/mol. The van der Waals surface area contributed by atoms with Crippen LogP contribution in [0.2, 0.25) is 0 Å². The van der Waals surface area contributed by atoms with Crippen LogP contribution in [0.3, 0.4) is 0 Å². The molecule has 0 saturated carbocycles. The van der Waals surface area contributed by atoms with Gasteiger partial charge in [-0.25, -0.2) is 0 Å². The van der Waals surface area contributed by atoms with Crippen molar-refractivity contribution in [1.29, 1.82) is 0 Å². The minimum atomic E-state index is 0.268. The first kappa shape index (κ1) is 16.0. The number of methoxy groups -OCH3 is 2. The molecule has 0 aliphatic carbocycles. The fraction of sp³-hybridized carbons (Fsp3) is 0.786. The molecule has 1 aromatic heterocycles. The minimum Gasteiger partial charge on any atom is -0.493 e. The van der Waals surface area contributed by atoms with Crippen molar-refractivity contribution in [3.05, 3.63) is 11.9 Å². The van der Waals surface area contributed by atoms with Crippen LogP contribution >= 0.6 is 0 Å². The Balaban J connectivity index is 2.87. The van der Waals surface area contributed by atoms with E-state index in [4.69, 9.17) is 9.47 Å². The lowest BCUT2D eigenvalue weighted by Crippen LogP contribution is -2.25. The van der Waals surface area contributed by atoms with Crippen LogP contribution in [-0.2, 0) is 11.3 Å². The standard InChI is InChI=1S/C14H27N3O2/c1-5-9-17-14(13(19-4)11-16-17)12(15-6-2)8-7-10-18-3/h11-12,15H,5-10H2,1-4H3. The normalized spacial score (nSPS) is 12.6. The number of rotatable bonds is 10. The number of ether oxygens (including phenoxy) is 2. The van der Waals surface area contributed by atoms with E-state index in [0.717, 1.165) is 50.4 Å². The fourth-order valence-corrected chi connectivity index (χ4v) is 2.29. The molecule has 5 heteroatoms. The summed E-state index contributed by atoms with van der Waals surface area (Å²) >= 11 is 0. The highest BCUT2D eigenvalue weighted by Gasteiger charge is 2.20. The van der Waals surface area contributed by atoms with Gasteiger partial charge in [-0.1, -0.05) is 13.8 Å². The molecule has 1 aromatic rings. The van der Waals surface area contributed by atoms with Crippen LogP contribution in [0.4, 0.5) is 0 Å². The number of hydrogen-bond donors (Lipinski definition) is 1. The number of aryl methyl sites for hydroxylation is 1. The van der Waals surface area contributed by atoms with E-state index in [1.165, 1.54) is 0 Å². The summed E-state index contributed by atoms with van der Waals surface area (Å²) in [5.41, 5.74) is 1.15. The lowest BCUT2D eigenvalue weighted by molar-refractivity contribution is 0.188. The largest absolute Gasteiger partial charge is 0.493 e. The maximum atomic E-state index is 5.45. The molecule has 1 N–H and O–H groups in total. The van der Waals surface area contributed by atoms with Gasteiger partial charge >= 0.3 is 0 Å². The fourth-order valence-electron chi connectivity index (χ4n) is 2.29. The molecule has 1 heterocycles. The van der Waals surface area contributed by atoms with Gasteiger partial charge in [-0.2, -0.15) is 5.10 Å². The zero-order valence-corrected chi connectivity index (χ0v) is 12.6. The topological polar surface area (TPSA) is 48.3 Å². The third-order valence-electron chi connectivity index (χ3n) is 3.12. The van der Waals surface area contributed by atoms with E-state index >= 15 is 0 Å². The molecule has 0 fully saturated rings. The molecule has 0 saturated heterocycles. The maximum absolute atomic E-state index is 5.45. The summed E-state index contributed by atoms with van der Waals surface area (Å²) in [5.74, 6) is 0.872. The monoisotopic (exact) mass is 269 g/mol. The number of nitrogens with one attached hydrogen (secondary N) is 1. The Morgan fingerprint density at radius 3 is 2.74 bits per heavy atom. The van der Waals surface area contributed by atoms with E-state index in [2.05, 4.69) is 28.9 Å². The van der Waals surface area contributed by atoms with E-state index in [1.54, 1.807) is 14.2 Å². The number of hydrogen-bond acceptors (Lipinski definition) is 4. The van der Waals surface area contributed by atoms with Crippen molar-refractivity contribution in [2.45, 2.75) is 45.7 Å². The molecule has 0 aliphatic heterocycles. The molecule has 0 aliphatic rings. The maximum Gasteiger partial charge on any atom is 0.161 e. The third-order valence-corrected chi connectivity index (χ3v) is 3.12. The molecule has 0 amide bonds. The number of nitrogens with zero attached hydrogens (tertiary/aromatic N) is 2. The van der Waals surface area contributed by atoms with E-state index in [-0.39, 0.29) is 6.04 Å². The Kier molecular flexibility index (Phi) is 7.52. The Hall–Kier alpha value is -1.07. The second-order valence-corrected chi connectivity index (χ2v) is 4.57. The third kappa shape index (κ3) is 4.51. The molecule has 0 aromatic carbocycles. The smallest absolute Gasteiger partial charge is 0.161 e. The summed E-state index contributed by atoms with van der Waals surface area (Å²) in [4.78, 5) is 0. The van der Waals surface area contributed by atoms with Gasteiger partial charge in [0, 0.05) is 20.3 Å². The summed E-state index contributed by atoms with van der Waals surface area (Å²) < 4.78 is 12.6. The average Bonchev–Trinajstić information content (AvgIpc) is 2.81. The van der Waals surface area contributed by atoms with Crippen LogP contribution in [0, 0.1) is 0 Å². The predicted molar refractivity (Wildman–Crippen MR) is 76.6 cm³/mol. The Morgan fingerprint density at radius 1 is 1.37 bits per heavy atom. The van der Waals surface area contributed by atoms with Gasteiger partial charge in [0.25, 0.3) is 0 Å². The summed E-state index contributed by atoms with van der Waals surface area (Å²) in [6.07, 6.45) is 4.92. The van der Waals surface area contributed by atoms with Crippen LogP contribution in [0.15, 0.2) is 6.20 Å². The van der Waals surface area contributed by atoms with Gasteiger partial charge in [0.1, 0.15) is 0 Å². The molecule has 1 atom stereocenters. The SMILES string of the molecule is CCCn1ncc(OC)c1C(CCCOC)NCC. The molecule has 0 bridgehead atoms. The Morgan fingerprint density at radius 2 is 2.16 bits per heavy atom. The van der Waals surface area contributed by atoms with Gasteiger partial charge in [-0.05, 0) is 25.8 Å². The lowest BCUT2D eigenvalue weighted by Gasteiger charge is -2.20. The molecule has 19 heavy (non-hydrogen) atoms. The molecule has 1 rings (SSSR count). The van der Waals surface area contributed by atoms with Crippen molar-refractivity contribution in [3.63, 3.8) is 0 Å². The van der Waals surface area contributed by atoms with Crippen molar-refractivity contribution < 1.29 is 9.47 Å². The first-order chi connectivity index (χ1) is 9.28. The first-order valence-electron chi connectivity index (χ1n) is 7.10. The van der Waals surface area contributed by atoms with Gasteiger partial charge in [-0.3, -0.25) is 4.68 Å². The van der Waals surface area contributed by atoms with E-state index in [1.807, 2.05) is 6.20 Å². The predicted octanol–water partition coefficient (Wildman–Crippen LogP) is 2.38. The van der Waals surface area contributed by atoms with Crippen molar-refractivity contribution >= 4 is 0 Å². The van der Waals surface area contributed by atoms with Crippen molar-refractivity contribution in [2.24, 2.45) is 0 Å². The zero-order valence-electron chi connectivity index (χ0n) is 12.6. The Labute approximate surface area is 116 Å². The van der Waals surface area contributed by atoms with E-state index in [9.17, 15) is 0 Å². The molecule has 110 valence electrons. The molecule has 0 spiro atoms. The zero-order chi connectivity index (χ0) is 14.1. The second kappa shape index (κ2) is 8.93. The highest BCUT2D eigenvalue weighted by molar-refractivity contribution is 5.28. The quantitative estimate of drug-likeness (QED) is 0.663. The van der Waals surface area contributed by atoms with Crippen LogP contribution in [0.1, 0.15) is 44.8 Å². The lowest BCUT2D eigenvalue weighted by atomic mass is 10.1. The van der Waals surface area contributed by atoms with Gasteiger partial charge in [0.15, 0.2) is 5.75 Å². The van der Waals surface area contributed by atoms with Gasteiger partial charge in [0.05, 0.1) is 25.0 Å². The van der Waals surface area contributed by atoms with Gasteiger partial charge in [0.2, 0.25) is 0 Å². The molecule has 5 nitrogen and oxygen atoms in total. The van der Waals surface area contributed by atoms with E-state index in [0.29, 0.717) is 0 Å². The van der Waals surface area contributed by atoms with Crippen molar-refractivity contribution in [2.75, 3.05) is 27.4 Å². The molecule has 1 unspecified atom stereocenters. The van der Waals surface area contributed by atoms with Gasteiger partial charge < -0.3 is 14.8 Å². The highest BCUT2D eigenvalue weighted by Crippen LogP contribution is 2.28. The first-order valence-corrected chi connectivity index (χ1v) is 7.10. The molecular formula is C14H27N3O2. The van der Waals surface area contributed by atoms with E-state index < -0.39 is 0 Å². The second-order valence-electron chi connectivity index (χ2n) is 4.57. The van der Waals surface area contributed by atoms with Crippen LogP contribution in [0.5, 0.6) is 5.75 Å². The summed E-state index contributed by atoms with van der Waals surface area (Å²) in [5, 5.41) is 7.95. The number of aromatic nitrogens is 2. The van der Waals surface area contributed by atoms with Crippen LogP contribution < -0.4 is 10.1 Å². The summed E-state index contributed by atoms with van der Waals surface area (Å²) in [6, 6.07) is 0.268.